The Balaban J connectivity index is 2.59. The van der Waals surface area contributed by atoms with Crippen LogP contribution in [0.25, 0.3) is 0 Å². The molecule has 1 amide bonds. The maximum absolute atomic E-state index is 11.8. The standard InChI is InChI=1S/C14H21N3O3/c15-8-4-7-11(16)13(18)17-12(14(19)20)9-10-5-2-1-3-6-10/h1-3,5-6,11-12H,4,7-9,15-16H2,(H,17,18)(H,19,20)/t11-,12-/m1/s1. The van der Waals surface area contributed by atoms with E-state index in [1.54, 1.807) is 0 Å². The zero-order chi connectivity index (χ0) is 15.0. The second kappa shape index (κ2) is 8.29. The molecule has 0 unspecified atom stereocenters. The molecule has 20 heavy (non-hydrogen) atoms. The van der Waals surface area contributed by atoms with E-state index in [0.717, 1.165) is 5.56 Å². The van der Waals surface area contributed by atoms with Gasteiger partial charge in [0.25, 0.3) is 0 Å². The molecule has 0 saturated heterocycles. The summed E-state index contributed by atoms with van der Waals surface area (Å²) in [5, 5.41) is 11.6. The molecule has 110 valence electrons. The van der Waals surface area contributed by atoms with Crippen molar-refractivity contribution in [3.8, 4) is 0 Å². The van der Waals surface area contributed by atoms with Crippen molar-refractivity contribution in [3.63, 3.8) is 0 Å². The Morgan fingerprint density at radius 2 is 1.90 bits per heavy atom. The van der Waals surface area contributed by atoms with E-state index in [0.29, 0.717) is 19.4 Å². The Bertz CT molecular complexity index is 437. The molecule has 6 heteroatoms. The van der Waals surface area contributed by atoms with Gasteiger partial charge in [-0.25, -0.2) is 4.79 Å². The first-order valence-corrected chi connectivity index (χ1v) is 6.57. The molecule has 0 fully saturated rings. The summed E-state index contributed by atoms with van der Waals surface area (Å²) in [7, 11) is 0. The number of aliphatic carboxylic acids is 1. The quantitative estimate of drug-likeness (QED) is 0.528. The Morgan fingerprint density at radius 3 is 2.45 bits per heavy atom. The van der Waals surface area contributed by atoms with Crippen LogP contribution >= 0.6 is 0 Å². The lowest BCUT2D eigenvalue weighted by molar-refractivity contribution is -0.142. The second-order valence-corrected chi connectivity index (χ2v) is 4.63. The molecule has 6 N–H and O–H groups in total. The van der Waals surface area contributed by atoms with Crippen LogP contribution in [0.2, 0.25) is 0 Å². The molecular weight excluding hydrogens is 258 g/mol. The fourth-order valence-corrected chi connectivity index (χ4v) is 1.80. The van der Waals surface area contributed by atoms with Crippen molar-refractivity contribution in [2.24, 2.45) is 11.5 Å². The minimum atomic E-state index is -1.08. The number of carboxylic acids is 1. The van der Waals surface area contributed by atoms with Crippen molar-refractivity contribution in [3.05, 3.63) is 35.9 Å². The number of carbonyl (C=O) groups is 2. The fraction of sp³-hybridized carbons (Fsp3) is 0.429. The molecule has 0 aromatic heterocycles. The Morgan fingerprint density at radius 1 is 1.25 bits per heavy atom. The average molecular weight is 279 g/mol. The topological polar surface area (TPSA) is 118 Å². The van der Waals surface area contributed by atoms with E-state index in [2.05, 4.69) is 5.32 Å². The van der Waals surface area contributed by atoms with Gasteiger partial charge in [-0.2, -0.15) is 0 Å². The van der Waals surface area contributed by atoms with Crippen molar-refractivity contribution < 1.29 is 14.7 Å². The first-order chi connectivity index (χ1) is 9.54. The maximum atomic E-state index is 11.8. The van der Waals surface area contributed by atoms with Gasteiger partial charge < -0.3 is 21.9 Å². The zero-order valence-electron chi connectivity index (χ0n) is 11.3. The molecule has 2 atom stereocenters. The van der Waals surface area contributed by atoms with Crippen molar-refractivity contribution in [1.82, 2.24) is 5.32 Å². The van der Waals surface area contributed by atoms with E-state index >= 15 is 0 Å². The predicted molar refractivity (Wildman–Crippen MR) is 76.0 cm³/mol. The molecule has 0 heterocycles. The number of carbonyl (C=O) groups excluding carboxylic acids is 1. The van der Waals surface area contributed by atoms with Crippen LogP contribution in [0.3, 0.4) is 0 Å². The van der Waals surface area contributed by atoms with Gasteiger partial charge in [0, 0.05) is 6.42 Å². The number of nitrogens with one attached hydrogen (secondary N) is 1. The van der Waals surface area contributed by atoms with Gasteiger partial charge >= 0.3 is 5.97 Å². The highest BCUT2D eigenvalue weighted by Gasteiger charge is 2.23. The van der Waals surface area contributed by atoms with E-state index in [1.165, 1.54) is 0 Å². The number of nitrogens with two attached hydrogens (primary N) is 2. The number of benzene rings is 1. The van der Waals surface area contributed by atoms with Crippen molar-refractivity contribution >= 4 is 11.9 Å². The lowest BCUT2D eigenvalue weighted by Crippen LogP contribution is -2.49. The summed E-state index contributed by atoms with van der Waals surface area (Å²) in [5.74, 6) is -1.53. The van der Waals surface area contributed by atoms with Gasteiger partial charge in [-0.05, 0) is 24.9 Å². The van der Waals surface area contributed by atoms with Crippen LogP contribution in [-0.2, 0) is 16.0 Å². The van der Waals surface area contributed by atoms with Gasteiger partial charge in [-0.15, -0.1) is 0 Å². The normalized spacial score (nSPS) is 13.5. The Kier molecular flexibility index (Phi) is 6.69. The number of hydrogen-bond acceptors (Lipinski definition) is 4. The fourth-order valence-electron chi connectivity index (χ4n) is 1.80. The van der Waals surface area contributed by atoms with Crippen LogP contribution in [0.15, 0.2) is 30.3 Å². The van der Waals surface area contributed by atoms with Crippen LogP contribution in [-0.4, -0.2) is 35.6 Å². The molecule has 0 bridgehead atoms. The third kappa shape index (κ3) is 5.38. The van der Waals surface area contributed by atoms with Gasteiger partial charge in [0.05, 0.1) is 6.04 Å². The number of hydrogen-bond donors (Lipinski definition) is 4. The summed E-state index contributed by atoms with van der Waals surface area (Å²) in [5.41, 5.74) is 11.9. The third-order valence-electron chi connectivity index (χ3n) is 2.95. The molecule has 0 aliphatic rings. The van der Waals surface area contributed by atoms with Gasteiger partial charge in [-0.3, -0.25) is 4.79 Å². The summed E-state index contributed by atoms with van der Waals surface area (Å²) in [6.07, 6.45) is 1.30. The monoisotopic (exact) mass is 279 g/mol. The van der Waals surface area contributed by atoms with Gasteiger partial charge in [-0.1, -0.05) is 30.3 Å². The van der Waals surface area contributed by atoms with Crippen molar-refractivity contribution in [2.45, 2.75) is 31.3 Å². The molecule has 1 rings (SSSR count). The van der Waals surface area contributed by atoms with E-state index in [1.807, 2.05) is 30.3 Å². The second-order valence-electron chi connectivity index (χ2n) is 4.63. The molecule has 0 radical (unpaired) electrons. The molecule has 1 aromatic carbocycles. The maximum Gasteiger partial charge on any atom is 0.326 e. The Hall–Kier alpha value is -1.92. The first-order valence-electron chi connectivity index (χ1n) is 6.57. The minimum absolute atomic E-state index is 0.228. The first kappa shape index (κ1) is 16.1. The van der Waals surface area contributed by atoms with E-state index in [4.69, 9.17) is 16.6 Å². The summed E-state index contributed by atoms with van der Waals surface area (Å²) < 4.78 is 0. The van der Waals surface area contributed by atoms with Gasteiger partial charge in [0.1, 0.15) is 6.04 Å². The third-order valence-corrected chi connectivity index (χ3v) is 2.95. The Labute approximate surface area is 118 Å². The highest BCUT2D eigenvalue weighted by atomic mass is 16.4. The van der Waals surface area contributed by atoms with E-state index in [-0.39, 0.29) is 6.42 Å². The van der Waals surface area contributed by atoms with Crippen LogP contribution in [0.4, 0.5) is 0 Å². The molecule has 0 spiro atoms. The van der Waals surface area contributed by atoms with Gasteiger partial charge in [0.15, 0.2) is 0 Å². The predicted octanol–water partition coefficient (Wildman–Crippen LogP) is -0.135. The highest BCUT2D eigenvalue weighted by Crippen LogP contribution is 2.04. The van der Waals surface area contributed by atoms with E-state index < -0.39 is 24.0 Å². The van der Waals surface area contributed by atoms with Crippen LogP contribution in [0.5, 0.6) is 0 Å². The SMILES string of the molecule is NCCC[C@@H](N)C(=O)N[C@H](Cc1ccccc1)C(=O)O. The molecular formula is C14H21N3O3. The molecule has 0 aliphatic heterocycles. The molecule has 6 nitrogen and oxygen atoms in total. The summed E-state index contributed by atoms with van der Waals surface area (Å²) in [6.45, 7) is 0.452. The van der Waals surface area contributed by atoms with Crippen molar-refractivity contribution in [1.29, 1.82) is 0 Å². The average Bonchev–Trinajstić information content (AvgIpc) is 2.44. The van der Waals surface area contributed by atoms with Crippen LogP contribution in [0.1, 0.15) is 18.4 Å². The van der Waals surface area contributed by atoms with Crippen LogP contribution in [0, 0.1) is 0 Å². The minimum Gasteiger partial charge on any atom is -0.480 e. The lowest BCUT2D eigenvalue weighted by Gasteiger charge is -2.17. The van der Waals surface area contributed by atoms with Crippen LogP contribution < -0.4 is 16.8 Å². The zero-order valence-corrected chi connectivity index (χ0v) is 11.3. The largest absolute Gasteiger partial charge is 0.480 e. The highest BCUT2D eigenvalue weighted by molar-refractivity contribution is 5.86. The smallest absolute Gasteiger partial charge is 0.326 e. The summed E-state index contributed by atoms with van der Waals surface area (Å²) >= 11 is 0. The summed E-state index contributed by atoms with van der Waals surface area (Å²) in [6, 6.07) is 7.42. The number of carboxylic acid groups (broad SMARTS) is 1. The summed E-state index contributed by atoms with van der Waals surface area (Å²) in [4.78, 5) is 23.0. The van der Waals surface area contributed by atoms with Gasteiger partial charge in [0.2, 0.25) is 5.91 Å². The van der Waals surface area contributed by atoms with E-state index in [9.17, 15) is 9.59 Å². The number of rotatable bonds is 8. The van der Waals surface area contributed by atoms with Crippen molar-refractivity contribution in [2.75, 3.05) is 6.54 Å². The molecule has 0 saturated carbocycles. The number of amides is 1. The molecule has 1 aromatic rings. The lowest BCUT2D eigenvalue weighted by atomic mass is 10.0. The molecule has 0 aliphatic carbocycles.